The molecule has 8 heteroatoms. The Morgan fingerprint density at radius 1 is 1.08 bits per heavy atom. The molecule has 2 aromatic carbocycles. The van der Waals surface area contributed by atoms with Crippen molar-refractivity contribution in [3.63, 3.8) is 0 Å². The van der Waals surface area contributed by atoms with Crippen LogP contribution in [-0.4, -0.2) is 31.0 Å². The standard InChI is InChI=1S/C18H15FN4O3/c1-10-6-7-12(9-14(10)19)23-16-15(20-21-23)17(24)22(18(16)25)11-4-3-5-13(8-11)26-2/h3-9,15-16H,1-2H3/t15-,16+/m1/s1. The zero-order chi connectivity index (χ0) is 18.4. The van der Waals surface area contributed by atoms with Gasteiger partial charge in [-0.15, -0.1) is 0 Å². The summed E-state index contributed by atoms with van der Waals surface area (Å²) in [7, 11) is 1.50. The van der Waals surface area contributed by atoms with Crippen LogP contribution in [0.3, 0.4) is 0 Å². The minimum absolute atomic E-state index is 0.373. The molecule has 2 amide bonds. The van der Waals surface area contributed by atoms with Gasteiger partial charge in [-0.3, -0.25) is 9.59 Å². The maximum atomic E-state index is 13.9. The molecular formula is C18H15FN4O3. The third-order valence-corrected chi connectivity index (χ3v) is 4.51. The van der Waals surface area contributed by atoms with Gasteiger partial charge < -0.3 is 4.74 Å². The monoisotopic (exact) mass is 354 g/mol. The molecule has 0 spiro atoms. The molecule has 2 aliphatic rings. The molecule has 0 aromatic heterocycles. The summed E-state index contributed by atoms with van der Waals surface area (Å²) in [4.78, 5) is 26.7. The number of halogens is 1. The van der Waals surface area contributed by atoms with Crippen molar-refractivity contribution in [2.75, 3.05) is 17.0 Å². The Bertz CT molecular complexity index is 946. The molecule has 1 fully saturated rings. The van der Waals surface area contributed by atoms with E-state index in [-0.39, 0.29) is 0 Å². The molecule has 2 aliphatic heterocycles. The zero-order valence-electron chi connectivity index (χ0n) is 14.1. The van der Waals surface area contributed by atoms with Crippen molar-refractivity contribution < 1.29 is 18.7 Å². The van der Waals surface area contributed by atoms with Crippen molar-refractivity contribution in [3.05, 3.63) is 53.8 Å². The van der Waals surface area contributed by atoms with Gasteiger partial charge in [-0.2, -0.15) is 5.11 Å². The summed E-state index contributed by atoms with van der Waals surface area (Å²) >= 11 is 0. The maximum Gasteiger partial charge on any atom is 0.263 e. The lowest BCUT2D eigenvalue weighted by molar-refractivity contribution is -0.121. The van der Waals surface area contributed by atoms with Crippen LogP contribution in [0.4, 0.5) is 15.8 Å². The lowest BCUT2D eigenvalue weighted by Gasteiger charge is -2.21. The van der Waals surface area contributed by atoms with Crippen molar-refractivity contribution in [3.8, 4) is 5.75 Å². The van der Waals surface area contributed by atoms with Crippen LogP contribution in [0.5, 0.6) is 5.75 Å². The summed E-state index contributed by atoms with van der Waals surface area (Å²) in [5.41, 5.74) is 1.25. The minimum atomic E-state index is -0.946. The number of imide groups is 1. The Kier molecular flexibility index (Phi) is 3.68. The Morgan fingerprint density at radius 2 is 1.88 bits per heavy atom. The second-order valence-electron chi connectivity index (χ2n) is 6.09. The maximum absolute atomic E-state index is 13.9. The molecule has 0 aliphatic carbocycles. The van der Waals surface area contributed by atoms with Crippen LogP contribution in [-0.2, 0) is 9.59 Å². The largest absolute Gasteiger partial charge is 0.497 e. The lowest BCUT2D eigenvalue weighted by atomic mass is 10.1. The highest BCUT2D eigenvalue weighted by Crippen LogP contribution is 2.36. The van der Waals surface area contributed by atoms with Crippen molar-refractivity contribution in [2.24, 2.45) is 10.3 Å². The predicted molar refractivity (Wildman–Crippen MR) is 91.5 cm³/mol. The van der Waals surface area contributed by atoms with E-state index in [1.54, 1.807) is 43.3 Å². The van der Waals surface area contributed by atoms with E-state index in [1.165, 1.54) is 18.2 Å². The van der Waals surface area contributed by atoms with E-state index in [0.29, 0.717) is 22.7 Å². The molecular weight excluding hydrogens is 339 g/mol. The second kappa shape index (κ2) is 5.91. The second-order valence-corrected chi connectivity index (χ2v) is 6.09. The molecule has 2 aromatic rings. The predicted octanol–water partition coefficient (Wildman–Crippen LogP) is 2.64. The van der Waals surface area contributed by atoms with Gasteiger partial charge in [0.05, 0.1) is 18.5 Å². The molecule has 2 heterocycles. The first-order valence-electron chi connectivity index (χ1n) is 7.99. The Hall–Kier alpha value is -3.29. The number of hydrogen-bond acceptors (Lipinski definition) is 6. The number of carbonyl (C=O) groups is 2. The number of nitrogens with zero attached hydrogens (tertiary/aromatic N) is 4. The summed E-state index contributed by atoms with van der Waals surface area (Å²) in [6.07, 6.45) is 0. The average molecular weight is 354 g/mol. The number of rotatable bonds is 3. The number of methoxy groups -OCH3 is 1. The smallest absolute Gasteiger partial charge is 0.263 e. The highest BCUT2D eigenvalue weighted by molar-refractivity contribution is 6.26. The fraction of sp³-hybridized carbons (Fsp3) is 0.222. The van der Waals surface area contributed by atoms with Crippen LogP contribution in [0.2, 0.25) is 0 Å². The molecule has 0 radical (unpaired) electrons. The summed E-state index contributed by atoms with van der Waals surface area (Å²) in [5.74, 6) is -0.812. The van der Waals surface area contributed by atoms with Gasteiger partial charge >= 0.3 is 0 Å². The highest BCUT2D eigenvalue weighted by Gasteiger charge is 2.55. The zero-order valence-corrected chi connectivity index (χ0v) is 14.1. The number of hydrogen-bond donors (Lipinski definition) is 0. The molecule has 0 bridgehead atoms. The van der Waals surface area contributed by atoms with E-state index in [1.807, 2.05) is 0 Å². The van der Waals surface area contributed by atoms with Crippen LogP contribution in [0.1, 0.15) is 5.56 Å². The topological polar surface area (TPSA) is 74.6 Å². The summed E-state index contributed by atoms with van der Waals surface area (Å²) in [6.45, 7) is 1.64. The third kappa shape index (κ3) is 2.33. The Labute approximate surface area is 148 Å². The Balaban J connectivity index is 1.70. The lowest BCUT2D eigenvalue weighted by Crippen LogP contribution is -2.40. The van der Waals surface area contributed by atoms with Crippen LogP contribution in [0.25, 0.3) is 0 Å². The average Bonchev–Trinajstić information content (AvgIpc) is 3.18. The van der Waals surface area contributed by atoms with Gasteiger partial charge in [0.1, 0.15) is 11.6 Å². The summed E-state index contributed by atoms with van der Waals surface area (Å²) in [6, 6.07) is 9.31. The summed E-state index contributed by atoms with van der Waals surface area (Å²) < 4.78 is 19.1. The highest BCUT2D eigenvalue weighted by atomic mass is 19.1. The van der Waals surface area contributed by atoms with E-state index in [2.05, 4.69) is 10.3 Å². The van der Waals surface area contributed by atoms with Gasteiger partial charge in [0.2, 0.25) is 0 Å². The molecule has 0 unspecified atom stereocenters. The Morgan fingerprint density at radius 3 is 2.62 bits per heavy atom. The van der Waals surface area contributed by atoms with Gasteiger partial charge in [-0.1, -0.05) is 17.4 Å². The van der Waals surface area contributed by atoms with Gasteiger partial charge in [-0.05, 0) is 36.8 Å². The van der Waals surface area contributed by atoms with Crippen molar-refractivity contribution in [2.45, 2.75) is 19.0 Å². The van der Waals surface area contributed by atoms with Gasteiger partial charge in [0.15, 0.2) is 12.1 Å². The number of benzene rings is 2. The van der Waals surface area contributed by atoms with E-state index >= 15 is 0 Å². The summed E-state index contributed by atoms with van der Waals surface area (Å²) in [5, 5.41) is 9.16. The van der Waals surface area contributed by atoms with Crippen LogP contribution in [0.15, 0.2) is 52.8 Å². The number of carbonyl (C=O) groups excluding carboxylic acids is 2. The van der Waals surface area contributed by atoms with Crippen molar-refractivity contribution >= 4 is 23.2 Å². The molecule has 26 heavy (non-hydrogen) atoms. The minimum Gasteiger partial charge on any atom is -0.497 e. The number of amides is 2. The van der Waals surface area contributed by atoms with E-state index in [9.17, 15) is 14.0 Å². The molecule has 0 N–H and O–H groups in total. The van der Waals surface area contributed by atoms with E-state index < -0.39 is 29.7 Å². The SMILES string of the molecule is COc1cccc(N2C(=O)[C@@H]3[C@@H](N=NN3c3ccc(C)c(F)c3)C2=O)c1. The fourth-order valence-corrected chi connectivity index (χ4v) is 3.10. The van der Waals surface area contributed by atoms with E-state index in [4.69, 9.17) is 4.74 Å². The van der Waals surface area contributed by atoms with Crippen LogP contribution in [0, 0.1) is 12.7 Å². The number of ether oxygens (including phenoxy) is 1. The first-order chi connectivity index (χ1) is 12.5. The van der Waals surface area contributed by atoms with Crippen LogP contribution >= 0.6 is 0 Å². The van der Waals surface area contributed by atoms with Gasteiger partial charge in [-0.25, -0.2) is 14.3 Å². The van der Waals surface area contributed by atoms with E-state index in [0.717, 1.165) is 4.90 Å². The van der Waals surface area contributed by atoms with Gasteiger partial charge in [0, 0.05) is 6.07 Å². The number of anilines is 2. The van der Waals surface area contributed by atoms with Crippen LogP contribution < -0.4 is 14.6 Å². The van der Waals surface area contributed by atoms with Gasteiger partial charge in [0.25, 0.3) is 11.8 Å². The molecule has 1 saturated heterocycles. The molecule has 132 valence electrons. The number of aryl methyl sites for hydroxylation is 1. The van der Waals surface area contributed by atoms with Crippen molar-refractivity contribution in [1.29, 1.82) is 0 Å². The first kappa shape index (κ1) is 16.2. The van der Waals surface area contributed by atoms with Crippen molar-refractivity contribution in [1.82, 2.24) is 0 Å². The number of fused-ring (bicyclic) bond motifs is 1. The molecule has 2 atom stereocenters. The quantitative estimate of drug-likeness (QED) is 0.794. The fourth-order valence-electron chi connectivity index (χ4n) is 3.10. The first-order valence-corrected chi connectivity index (χ1v) is 7.99. The molecule has 0 saturated carbocycles. The normalized spacial score (nSPS) is 21.5. The molecule has 7 nitrogen and oxygen atoms in total. The molecule has 4 rings (SSSR count). The third-order valence-electron chi connectivity index (χ3n) is 4.51.